The number of carbonyl (C=O) groups is 2. The van der Waals surface area contributed by atoms with Crippen molar-refractivity contribution < 1.29 is 14.7 Å². The molecule has 6 heteroatoms. The zero-order valence-corrected chi connectivity index (χ0v) is 13.9. The molecule has 21 heavy (non-hydrogen) atoms. The molecule has 1 aromatic carbocycles. The van der Waals surface area contributed by atoms with Crippen molar-refractivity contribution in [2.75, 3.05) is 7.05 Å². The van der Waals surface area contributed by atoms with Crippen LogP contribution in [0.2, 0.25) is 0 Å². The van der Waals surface area contributed by atoms with Crippen LogP contribution in [0.15, 0.2) is 28.7 Å². The molecule has 0 aliphatic carbocycles. The Morgan fingerprint density at radius 1 is 1.38 bits per heavy atom. The minimum atomic E-state index is -0.901. The molecule has 0 saturated heterocycles. The molecule has 2 amide bonds. The van der Waals surface area contributed by atoms with E-state index in [9.17, 15) is 9.59 Å². The lowest BCUT2D eigenvalue weighted by Gasteiger charge is -2.23. The third kappa shape index (κ3) is 6.16. The number of amides is 2. The van der Waals surface area contributed by atoms with E-state index >= 15 is 0 Å². The largest absolute Gasteiger partial charge is 0.481 e. The van der Waals surface area contributed by atoms with Crippen molar-refractivity contribution in [3.63, 3.8) is 0 Å². The average Bonchev–Trinajstić information content (AvgIpc) is 2.40. The second-order valence-electron chi connectivity index (χ2n) is 4.98. The van der Waals surface area contributed by atoms with Crippen molar-refractivity contribution in [3.8, 4) is 0 Å². The maximum Gasteiger partial charge on any atom is 0.317 e. The molecule has 0 radical (unpaired) electrons. The van der Waals surface area contributed by atoms with Crippen molar-refractivity contribution in [1.82, 2.24) is 10.2 Å². The highest BCUT2D eigenvalue weighted by Crippen LogP contribution is 2.17. The molecule has 1 atom stereocenters. The molecule has 0 bridgehead atoms. The van der Waals surface area contributed by atoms with Crippen LogP contribution in [-0.2, 0) is 11.3 Å². The minimum absolute atomic E-state index is 0.0531. The molecule has 0 aromatic heterocycles. The number of carboxylic acid groups (broad SMARTS) is 1. The number of hydrogen-bond acceptors (Lipinski definition) is 2. The fourth-order valence-electron chi connectivity index (χ4n) is 2.02. The van der Waals surface area contributed by atoms with E-state index in [1.165, 1.54) is 0 Å². The van der Waals surface area contributed by atoms with Gasteiger partial charge in [0.1, 0.15) is 0 Å². The van der Waals surface area contributed by atoms with Crippen molar-refractivity contribution >= 4 is 27.9 Å². The summed E-state index contributed by atoms with van der Waals surface area (Å²) in [5.41, 5.74) is 1.00. The summed E-state index contributed by atoms with van der Waals surface area (Å²) in [7, 11) is 1.69. The Bertz CT molecular complexity index is 494. The first-order valence-electron chi connectivity index (χ1n) is 6.90. The van der Waals surface area contributed by atoms with Crippen LogP contribution in [0.3, 0.4) is 0 Å². The van der Waals surface area contributed by atoms with Gasteiger partial charge in [-0.05, 0) is 18.1 Å². The van der Waals surface area contributed by atoms with Crippen LogP contribution in [0.5, 0.6) is 0 Å². The molecule has 1 aromatic rings. The van der Waals surface area contributed by atoms with E-state index in [4.69, 9.17) is 5.11 Å². The minimum Gasteiger partial charge on any atom is -0.481 e. The molecule has 1 rings (SSSR count). The van der Waals surface area contributed by atoms with Crippen LogP contribution in [-0.4, -0.2) is 35.1 Å². The maximum atomic E-state index is 12.1. The van der Waals surface area contributed by atoms with Crippen molar-refractivity contribution in [3.05, 3.63) is 34.3 Å². The van der Waals surface area contributed by atoms with E-state index in [1.54, 1.807) is 11.9 Å². The molecule has 0 aliphatic heterocycles. The molecule has 0 fully saturated rings. The number of aliphatic carboxylic acids is 1. The van der Waals surface area contributed by atoms with Gasteiger partial charge < -0.3 is 15.3 Å². The first kappa shape index (κ1) is 17.5. The molecule has 0 heterocycles. The number of carbonyl (C=O) groups excluding carboxylic acids is 1. The molecule has 116 valence electrons. The van der Waals surface area contributed by atoms with Crippen LogP contribution in [0.4, 0.5) is 4.79 Å². The van der Waals surface area contributed by atoms with Gasteiger partial charge in [-0.15, -0.1) is 0 Å². The standard InChI is InChI=1S/C15H21BrN2O3/c1-3-6-12(9-14(19)20)17-15(21)18(2)10-11-7-4-5-8-13(11)16/h4-5,7-8,12H,3,6,9-10H2,1-2H3,(H,17,21)(H,19,20). The fraction of sp³-hybridized carbons (Fsp3) is 0.467. The Kier molecular flexibility index (Phi) is 7.22. The van der Waals surface area contributed by atoms with Crippen molar-refractivity contribution in [1.29, 1.82) is 0 Å². The van der Waals surface area contributed by atoms with Gasteiger partial charge in [-0.2, -0.15) is 0 Å². The molecule has 0 saturated carbocycles. The van der Waals surface area contributed by atoms with E-state index in [0.717, 1.165) is 16.5 Å². The quantitative estimate of drug-likeness (QED) is 0.787. The molecule has 0 spiro atoms. The van der Waals surface area contributed by atoms with Gasteiger partial charge in [0.2, 0.25) is 0 Å². The van der Waals surface area contributed by atoms with E-state index in [-0.39, 0.29) is 18.5 Å². The smallest absolute Gasteiger partial charge is 0.317 e. The third-order valence-electron chi connectivity index (χ3n) is 3.10. The van der Waals surface area contributed by atoms with E-state index in [2.05, 4.69) is 21.2 Å². The summed E-state index contributed by atoms with van der Waals surface area (Å²) >= 11 is 3.45. The van der Waals surface area contributed by atoms with Crippen LogP contribution in [0.1, 0.15) is 31.7 Å². The lowest BCUT2D eigenvalue weighted by Crippen LogP contribution is -2.43. The molecule has 5 nitrogen and oxygen atoms in total. The van der Waals surface area contributed by atoms with Gasteiger partial charge in [-0.3, -0.25) is 4.79 Å². The number of nitrogens with zero attached hydrogens (tertiary/aromatic N) is 1. The number of rotatable bonds is 7. The lowest BCUT2D eigenvalue weighted by molar-refractivity contribution is -0.137. The number of nitrogens with one attached hydrogen (secondary N) is 1. The fourth-order valence-corrected chi connectivity index (χ4v) is 2.43. The summed E-state index contributed by atoms with van der Waals surface area (Å²) in [5.74, 6) is -0.901. The van der Waals surface area contributed by atoms with Crippen LogP contribution in [0.25, 0.3) is 0 Å². The predicted octanol–water partition coefficient (Wildman–Crippen LogP) is 3.23. The Labute approximate surface area is 133 Å². The summed E-state index contributed by atoms with van der Waals surface area (Å²) in [4.78, 5) is 24.5. The molecule has 1 unspecified atom stereocenters. The molecular weight excluding hydrogens is 336 g/mol. The second kappa shape index (κ2) is 8.67. The summed E-state index contributed by atoms with van der Waals surface area (Å²) in [6, 6.07) is 7.10. The number of benzene rings is 1. The maximum absolute atomic E-state index is 12.1. The highest BCUT2D eigenvalue weighted by atomic mass is 79.9. The van der Waals surface area contributed by atoms with Crippen LogP contribution < -0.4 is 5.32 Å². The first-order chi connectivity index (χ1) is 9.93. The van der Waals surface area contributed by atoms with Gasteiger partial charge in [-0.25, -0.2) is 4.79 Å². The Morgan fingerprint density at radius 2 is 2.05 bits per heavy atom. The van der Waals surface area contributed by atoms with Gasteiger partial charge >= 0.3 is 12.0 Å². The summed E-state index contributed by atoms with van der Waals surface area (Å²) in [6.45, 7) is 2.42. The number of hydrogen-bond donors (Lipinski definition) is 2. The molecule has 2 N–H and O–H groups in total. The lowest BCUT2D eigenvalue weighted by atomic mass is 10.1. The summed E-state index contributed by atoms with van der Waals surface area (Å²) in [5, 5.41) is 11.6. The van der Waals surface area contributed by atoms with Gasteiger partial charge in [0.25, 0.3) is 0 Å². The van der Waals surface area contributed by atoms with Crippen molar-refractivity contribution in [2.45, 2.75) is 38.8 Å². The number of carboxylic acids is 1. The van der Waals surface area contributed by atoms with Crippen LogP contribution >= 0.6 is 15.9 Å². The Morgan fingerprint density at radius 3 is 2.62 bits per heavy atom. The normalized spacial score (nSPS) is 11.8. The Balaban J connectivity index is 2.60. The third-order valence-corrected chi connectivity index (χ3v) is 3.87. The Hall–Kier alpha value is -1.56. The van der Waals surface area contributed by atoms with Crippen LogP contribution in [0, 0.1) is 0 Å². The number of urea groups is 1. The average molecular weight is 357 g/mol. The van der Waals surface area contributed by atoms with Gasteiger partial charge in [0.05, 0.1) is 6.42 Å². The van der Waals surface area contributed by atoms with E-state index in [1.807, 2.05) is 31.2 Å². The van der Waals surface area contributed by atoms with E-state index in [0.29, 0.717) is 13.0 Å². The zero-order chi connectivity index (χ0) is 15.8. The van der Waals surface area contributed by atoms with E-state index < -0.39 is 5.97 Å². The monoisotopic (exact) mass is 356 g/mol. The highest BCUT2D eigenvalue weighted by Gasteiger charge is 2.18. The highest BCUT2D eigenvalue weighted by molar-refractivity contribution is 9.10. The molecule has 0 aliphatic rings. The van der Waals surface area contributed by atoms with Gasteiger partial charge in [0, 0.05) is 24.1 Å². The number of halogens is 1. The zero-order valence-electron chi connectivity index (χ0n) is 12.3. The predicted molar refractivity (Wildman–Crippen MR) is 85.1 cm³/mol. The topological polar surface area (TPSA) is 69.6 Å². The SMILES string of the molecule is CCCC(CC(=O)O)NC(=O)N(C)Cc1ccccc1Br. The molecular formula is C15H21BrN2O3. The van der Waals surface area contributed by atoms with Gasteiger partial charge in [-0.1, -0.05) is 47.5 Å². The summed E-state index contributed by atoms with van der Waals surface area (Å²) in [6.07, 6.45) is 1.43. The summed E-state index contributed by atoms with van der Waals surface area (Å²) < 4.78 is 0.945. The van der Waals surface area contributed by atoms with Crippen molar-refractivity contribution in [2.24, 2.45) is 0 Å². The first-order valence-corrected chi connectivity index (χ1v) is 7.70. The van der Waals surface area contributed by atoms with Gasteiger partial charge in [0.15, 0.2) is 0 Å². The second-order valence-corrected chi connectivity index (χ2v) is 5.83.